The van der Waals surface area contributed by atoms with Crippen molar-refractivity contribution < 1.29 is 102 Å². The number of alkyl halides is 21. The van der Waals surface area contributed by atoms with Crippen molar-refractivity contribution in [2.24, 2.45) is 0 Å². The Kier molecular flexibility index (Phi) is 13.2. The molecule has 0 bridgehead atoms. The third-order valence-corrected chi connectivity index (χ3v) is 6.85. The summed E-state index contributed by atoms with van der Waals surface area (Å²) in [4.78, 5) is 0. The number of unbranched alkanes of at least 4 members (excludes halogenated alkanes) is 5. The summed E-state index contributed by atoms with van der Waals surface area (Å²) in [6.45, 7) is 0.371. The number of rotatable bonds is 20. The number of hydrogen-bond acceptors (Lipinski definition) is 2. The molecule has 0 aromatic heterocycles. The zero-order valence-corrected chi connectivity index (χ0v) is 24.4. The van der Waals surface area contributed by atoms with Crippen molar-refractivity contribution in [2.75, 3.05) is 13.2 Å². The smallest absolute Gasteiger partial charge is 0.460 e. The fraction of sp³-hybridized carbons (Fsp3) is 0.769. The molecule has 0 radical (unpaired) electrons. The lowest BCUT2D eigenvalue weighted by Gasteiger charge is -2.44. The van der Waals surface area contributed by atoms with Gasteiger partial charge in [-0.25, -0.2) is 0 Å². The summed E-state index contributed by atoms with van der Waals surface area (Å²) < 4.78 is 293. The molecular formula is C26H25F21O2. The molecule has 0 unspecified atom stereocenters. The Morgan fingerprint density at radius 1 is 0.388 bits per heavy atom. The second-order valence-corrected chi connectivity index (χ2v) is 10.5. The fourth-order valence-corrected chi connectivity index (χ4v) is 3.75. The lowest BCUT2D eigenvalue weighted by molar-refractivity contribution is -0.474. The predicted octanol–water partition coefficient (Wildman–Crippen LogP) is 11.5. The standard InChI is InChI=1S/C26H25F21O2/c1-2-3-4-5-6-7-13-48-15-8-10-16(11-9-15)49-14-12-17(27,28)18(29,30)19(31,32)20(33,34)21(35,36)22(37,38)23(39,40)24(41,42)25(43,44)26(45,46)47/h8-11H,2-7,12-14H2,1H3. The third-order valence-electron chi connectivity index (χ3n) is 6.85. The molecule has 49 heavy (non-hydrogen) atoms. The van der Waals surface area contributed by atoms with Crippen LogP contribution in [0, 0.1) is 0 Å². The monoisotopic (exact) mass is 768 g/mol. The molecule has 0 aliphatic carbocycles. The number of ether oxygens (including phenoxy) is 2. The summed E-state index contributed by atoms with van der Waals surface area (Å²) in [5.74, 6) is -77.4. The van der Waals surface area contributed by atoms with Crippen molar-refractivity contribution in [1.82, 2.24) is 0 Å². The summed E-state index contributed by atoms with van der Waals surface area (Å²) in [5, 5.41) is 0. The molecule has 0 N–H and O–H groups in total. The van der Waals surface area contributed by atoms with Crippen LogP contribution in [0.4, 0.5) is 92.2 Å². The first kappa shape index (κ1) is 44.4. The Hall–Kier alpha value is -2.65. The summed E-state index contributed by atoms with van der Waals surface area (Å²) in [6.07, 6.45) is -5.45. The van der Waals surface area contributed by atoms with Gasteiger partial charge in [0.2, 0.25) is 0 Å². The molecule has 1 rings (SSSR count). The predicted molar refractivity (Wildman–Crippen MR) is 126 cm³/mol. The normalized spacial score (nSPS) is 15.1. The Balaban J connectivity index is 3.17. The van der Waals surface area contributed by atoms with Gasteiger partial charge in [0.25, 0.3) is 0 Å². The summed E-state index contributed by atoms with van der Waals surface area (Å²) in [5.41, 5.74) is 0. The Morgan fingerprint density at radius 2 is 0.694 bits per heavy atom. The summed E-state index contributed by atoms with van der Waals surface area (Å²) in [7, 11) is 0. The molecule has 0 atom stereocenters. The minimum absolute atomic E-state index is 0.155. The van der Waals surface area contributed by atoms with E-state index in [-0.39, 0.29) is 12.4 Å². The highest BCUT2D eigenvalue weighted by atomic mass is 19.4. The Morgan fingerprint density at radius 3 is 1.06 bits per heavy atom. The van der Waals surface area contributed by atoms with Gasteiger partial charge in [0.1, 0.15) is 11.5 Å². The van der Waals surface area contributed by atoms with Crippen molar-refractivity contribution >= 4 is 0 Å². The molecule has 0 amide bonds. The van der Waals surface area contributed by atoms with E-state index in [1.54, 1.807) is 0 Å². The zero-order chi connectivity index (χ0) is 38.8. The van der Waals surface area contributed by atoms with Crippen LogP contribution in [-0.4, -0.2) is 72.7 Å². The minimum Gasteiger partial charge on any atom is -0.494 e. The third kappa shape index (κ3) is 7.83. The molecule has 1 aromatic rings. The lowest BCUT2D eigenvalue weighted by atomic mass is 9.86. The van der Waals surface area contributed by atoms with Gasteiger partial charge in [-0.3, -0.25) is 0 Å². The van der Waals surface area contributed by atoms with Crippen LogP contribution in [0.25, 0.3) is 0 Å². The van der Waals surface area contributed by atoms with Gasteiger partial charge in [-0.05, 0) is 30.7 Å². The molecule has 0 saturated heterocycles. The second-order valence-electron chi connectivity index (χ2n) is 10.5. The van der Waals surface area contributed by atoms with Crippen LogP contribution in [0.2, 0.25) is 0 Å². The largest absolute Gasteiger partial charge is 0.494 e. The molecule has 0 aliphatic rings. The number of benzene rings is 1. The van der Waals surface area contributed by atoms with Crippen molar-refractivity contribution in [3.63, 3.8) is 0 Å². The Labute approximate surface area is 262 Å². The van der Waals surface area contributed by atoms with Gasteiger partial charge in [-0.2, -0.15) is 92.2 Å². The summed E-state index contributed by atoms with van der Waals surface area (Å²) >= 11 is 0. The van der Waals surface area contributed by atoms with E-state index < -0.39 is 78.3 Å². The van der Waals surface area contributed by atoms with E-state index in [4.69, 9.17) is 4.74 Å². The molecule has 0 spiro atoms. The molecule has 0 aliphatic heterocycles. The van der Waals surface area contributed by atoms with Crippen LogP contribution in [-0.2, 0) is 0 Å². The van der Waals surface area contributed by atoms with Crippen LogP contribution in [0.15, 0.2) is 24.3 Å². The van der Waals surface area contributed by atoms with E-state index in [9.17, 15) is 92.2 Å². The van der Waals surface area contributed by atoms with Crippen LogP contribution in [0.1, 0.15) is 51.9 Å². The highest BCUT2D eigenvalue weighted by Gasteiger charge is 2.97. The van der Waals surface area contributed by atoms with E-state index >= 15 is 0 Å². The van der Waals surface area contributed by atoms with Gasteiger partial charge >= 0.3 is 59.5 Å². The first-order chi connectivity index (χ1) is 21.8. The summed E-state index contributed by atoms with van der Waals surface area (Å²) in [6, 6.07) is 4.10. The minimum atomic E-state index is -9.19. The van der Waals surface area contributed by atoms with Crippen LogP contribution in [0.3, 0.4) is 0 Å². The second kappa shape index (κ2) is 14.5. The SMILES string of the molecule is CCCCCCCCOc1ccc(OCCC(F)(F)C(F)(F)C(F)(F)C(F)(F)C(F)(F)C(F)(F)C(F)(F)C(F)(F)C(F)(F)C(F)(F)F)cc1. The molecule has 288 valence electrons. The maximum absolute atomic E-state index is 14.1. The Bertz CT molecular complexity index is 1190. The van der Waals surface area contributed by atoms with Crippen LogP contribution in [0.5, 0.6) is 11.5 Å². The van der Waals surface area contributed by atoms with Gasteiger partial charge in [0.15, 0.2) is 0 Å². The highest BCUT2D eigenvalue weighted by Crippen LogP contribution is 2.66. The van der Waals surface area contributed by atoms with Gasteiger partial charge in [-0.1, -0.05) is 39.0 Å². The maximum Gasteiger partial charge on any atom is 0.460 e. The van der Waals surface area contributed by atoms with Crippen molar-refractivity contribution in [1.29, 1.82) is 0 Å². The zero-order valence-electron chi connectivity index (χ0n) is 24.4. The van der Waals surface area contributed by atoms with Crippen molar-refractivity contribution in [3.8, 4) is 11.5 Å². The van der Waals surface area contributed by atoms with Gasteiger partial charge in [0, 0.05) is 0 Å². The first-order valence-electron chi connectivity index (χ1n) is 13.6. The topological polar surface area (TPSA) is 18.5 Å². The van der Waals surface area contributed by atoms with Crippen molar-refractivity contribution in [3.05, 3.63) is 24.3 Å². The number of halogens is 21. The van der Waals surface area contributed by atoms with Gasteiger partial charge in [-0.15, -0.1) is 0 Å². The van der Waals surface area contributed by atoms with E-state index in [0.29, 0.717) is 6.42 Å². The number of hydrogen-bond donors (Lipinski definition) is 0. The quantitative estimate of drug-likeness (QED) is 0.0972. The van der Waals surface area contributed by atoms with Crippen LogP contribution < -0.4 is 9.47 Å². The van der Waals surface area contributed by atoms with E-state index in [2.05, 4.69) is 4.74 Å². The first-order valence-corrected chi connectivity index (χ1v) is 13.6. The van der Waals surface area contributed by atoms with E-state index in [1.165, 1.54) is 0 Å². The lowest BCUT2D eigenvalue weighted by Crippen LogP contribution is -2.76. The van der Waals surface area contributed by atoms with Gasteiger partial charge < -0.3 is 9.47 Å². The highest BCUT2D eigenvalue weighted by molar-refractivity contribution is 5.31. The van der Waals surface area contributed by atoms with E-state index in [1.807, 2.05) is 6.92 Å². The molecule has 0 saturated carbocycles. The molecule has 0 fully saturated rings. The molecule has 1 aromatic carbocycles. The molecule has 2 nitrogen and oxygen atoms in total. The maximum atomic E-state index is 14.1. The van der Waals surface area contributed by atoms with E-state index in [0.717, 1.165) is 56.4 Å². The van der Waals surface area contributed by atoms with Crippen LogP contribution >= 0.6 is 0 Å². The molecule has 23 heteroatoms. The van der Waals surface area contributed by atoms with Gasteiger partial charge in [0.05, 0.1) is 19.6 Å². The molecule has 0 heterocycles. The fourth-order valence-electron chi connectivity index (χ4n) is 3.75. The molecular weight excluding hydrogens is 743 g/mol. The average Bonchev–Trinajstić information content (AvgIpc) is 2.96. The van der Waals surface area contributed by atoms with Crippen molar-refractivity contribution in [2.45, 2.75) is 111 Å². The average molecular weight is 768 g/mol.